The van der Waals surface area contributed by atoms with E-state index in [2.05, 4.69) is 28.0 Å². The second kappa shape index (κ2) is 6.64. The van der Waals surface area contributed by atoms with Crippen LogP contribution < -0.4 is 5.32 Å². The zero-order valence-corrected chi connectivity index (χ0v) is 10.7. The highest BCUT2D eigenvalue weighted by Gasteiger charge is 2.15. The predicted octanol–water partition coefficient (Wildman–Crippen LogP) is 2.52. The molecule has 0 aliphatic carbocycles. The number of rotatable bonds is 6. The Kier molecular flexibility index (Phi) is 4.86. The van der Waals surface area contributed by atoms with Gasteiger partial charge in [0.1, 0.15) is 0 Å². The van der Waals surface area contributed by atoms with Gasteiger partial charge in [-0.25, -0.2) is 4.98 Å². The summed E-state index contributed by atoms with van der Waals surface area (Å²) in [6, 6.07) is 0. The van der Waals surface area contributed by atoms with E-state index >= 15 is 0 Å². The molecule has 1 N–H and O–H groups in total. The lowest BCUT2D eigenvalue weighted by molar-refractivity contribution is 0.0486. The first-order valence-corrected chi connectivity index (χ1v) is 6.73. The number of nitrogens with zero attached hydrogens (tertiary/aromatic N) is 2. The second-order valence-electron chi connectivity index (χ2n) is 4.77. The molecule has 1 aliphatic heterocycles. The molecule has 17 heavy (non-hydrogen) atoms. The predicted molar refractivity (Wildman–Crippen MR) is 69.2 cm³/mol. The Hall–Kier alpha value is -1.03. The molecule has 0 amide bonds. The molecule has 0 bridgehead atoms. The van der Waals surface area contributed by atoms with Crippen molar-refractivity contribution in [2.24, 2.45) is 5.92 Å². The third-order valence-electron chi connectivity index (χ3n) is 3.24. The first kappa shape index (κ1) is 12.4. The highest BCUT2D eigenvalue weighted by molar-refractivity contribution is 5.25. The van der Waals surface area contributed by atoms with E-state index in [-0.39, 0.29) is 0 Å². The zero-order chi connectivity index (χ0) is 11.9. The maximum absolute atomic E-state index is 5.52. The standard InChI is InChI=1S/C13H23N3O/c1-2-3-6-14-13-15-7-8-16(13)10-12-5-4-9-17-11-12/h7-8,12H,2-6,9-11H2,1H3,(H,14,15). The largest absolute Gasteiger partial charge is 0.381 e. The van der Waals surface area contributed by atoms with E-state index in [1.807, 2.05) is 6.20 Å². The van der Waals surface area contributed by atoms with E-state index in [4.69, 9.17) is 4.74 Å². The molecule has 1 aliphatic rings. The van der Waals surface area contributed by atoms with Crippen LogP contribution in [0.1, 0.15) is 32.6 Å². The molecule has 2 rings (SSSR count). The SMILES string of the molecule is CCCCNc1nccn1CC1CCCOC1. The van der Waals surface area contributed by atoms with Crippen molar-refractivity contribution in [3.63, 3.8) is 0 Å². The topological polar surface area (TPSA) is 39.1 Å². The average molecular weight is 237 g/mol. The fraction of sp³-hybridized carbons (Fsp3) is 0.769. The van der Waals surface area contributed by atoms with Gasteiger partial charge in [0.2, 0.25) is 5.95 Å². The molecule has 1 fully saturated rings. The summed E-state index contributed by atoms with van der Waals surface area (Å²) in [5.41, 5.74) is 0. The van der Waals surface area contributed by atoms with Crippen LogP contribution in [0.5, 0.6) is 0 Å². The van der Waals surface area contributed by atoms with Gasteiger partial charge in [0.05, 0.1) is 6.61 Å². The Balaban J connectivity index is 1.84. The van der Waals surface area contributed by atoms with Gasteiger partial charge in [-0.15, -0.1) is 0 Å². The summed E-state index contributed by atoms with van der Waals surface area (Å²) in [4.78, 5) is 4.36. The average Bonchev–Trinajstić information content (AvgIpc) is 2.79. The highest BCUT2D eigenvalue weighted by Crippen LogP contribution is 2.17. The molecule has 1 atom stereocenters. The van der Waals surface area contributed by atoms with E-state index in [9.17, 15) is 0 Å². The molecule has 2 heterocycles. The van der Waals surface area contributed by atoms with Crippen LogP contribution in [0.3, 0.4) is 0 Å². The second-order valence-corrected chi connectivity index (χ2v) is 4.77. The fourth-order valence-electron chi connectivity index (χ4n) is 2.23. The molecule has 0 saturated carbocycles. The number of anilines is 1. The molecule has 96 valence electrons. The first-order chi connectivity index (χ1) is 8.40. The number of aromatic nitrogens is 2. The van der Waals surface area contributed by atoms with Crippen molar-refractivity contribution in [3.8, 4) is 0 Å². The minimum atomic E-state index is 0.643. The summed E-state index contributed by atoms with van der Waals surface area (Å²) in [6.45, 7) is 6.06. The van der Waals surface area contributed by atoms with E-state index < -0.39 is 0 Å². The number of unbranched alkanes of at least 4 members (excludes halogenated alkanes) is 1. The van der Waals surface area contributed by atoms with Gasteiger partial charge < -0.3 is 14.6 Å². The van der Waals surface area contributed by atoms with Crippen molar-refractivity contribution in [1.29, 1.82) is 0 Å². The molecule has 4 heteroatoms. The third-order valence-corrected chi connectivity index (χ3v) is 3.24. The van der Waals surface area contributed by atoms with E-state index in [1.54, 1.807) is 0 Å². The van der Waals surface area contributed by atoms with Crippen molar-refractivity contribution in [1.82, 2.24) is 9.55 Å². The molecular formula is C13H23N3O. The van der Waals surface area contributed by atoms with Gasteiger partial charge in [0, 0.05) is 38.0 Å². The van der Waals surface area contributed by atoms with Crippen LogP contribution in [0.2, 0.25) is 0 Å². The number of hydrogen-bond acceptors (Lipinski definition) is 3. The smallest absolute Gasteiger partial charge is 0.202 e. The van der Waals surface area contributed by atoms with Crippen molar-refractivity contribution in [2.75, 3.05) is 25.1 Å². The Morgan fingerprint density at radius 3 is 3.29 bits per heavy atom. The minimum absolute atomic E-state index is 0.643. The molecule has 1 aromatic rings. The van der Waals surface area contributed by atoms with Crippen LogP contribution in [-0.4, -0.2) is 29.3 Å². The summed E-state index contributed by atoms with van der Waals surface area (Å²) in [5, 5.41) is 3.39. The quantitative estimate of drug-likeness (QED) is 0.773. The molecule has 1 aromatic heterocycles. The summed E-state index contributed by atoms with van der Waals surface area (Å²) < 4.78 is 7.73. The molecule has 0 spiro atoms. The lowest BCUT2D eigenvalue weighted by Crippen LogP contribution is -2.22. The molecular weight excluding hydrogens is 214 g/mol. The Labute approximate surface area is 103 Å². The summed E-state index contributed by atoms with van der Waals surface area (Å²) in [6.07, 6.45) is 8.80. The Bertz CT molecular complexity index is 318. The lowest BCUT2D eigenvalue weighted by Gasteiger charge is -2.23. The van der Waals surface area contributed by atoms with Crippen LogP contribution in [-0.2, 0) is 11.3 Å². The van der Waals surface area contributed by atoms with Gasteiger partial charge >= 0.3 is 0 Å². The molecule has 1 saturated heterocycles. The van der Waals surface area contributed by atoms with Gasteiger partial charge in [0.25, 0.3) is 0 Å². The molecule has 0 aromatic carbocycles. The van der Waals surface area contributed by atoms with Gasteiger partial charge in [-0.1, -0.05) is 13.3 Å². The highest BCUT2D eigenvalue weighted by atomic mass is 16.5. The number of nitrogens with one attached hydrogen (secondary N) is 1. The van der Waals surface area contributed by atoms with Crippen molar-refractivity contribution in [3.05, 3.63) is 12.4 Å². The van der Waals surface area contributed by atoms with E-state index in [0.717, 1.165) is 32.3 Å². The molecule has 4 nitrogen and oxygen atoms in total. The Morgan fingerprint density at radius 2 is 2.53 bits per heavy atom. The normalized spacial score (nSPS) is 20.4. The molecule has 0 radical (unpaired) electrons. The van der Waals surface area contributed by atoms with Crippen molar-refractivity contribution < 1.29 is 4.74 Å². The van der Waals surface area contributed by atoms with Crippen LogP contribution in [0.25, 0.3) is 0 Å². The minimum Gasteiger partial charge on any atom is -0.381 e. The Morgan fingerprint density at radius 1 is 1.59 bits per heavy atom. The van der Waals surface area contributed by atoms with Crippen LogP contribution in [0.15, 0.2) is 12.4 Å². The van der Waals surface area contributed by atoms with Gasteiger partial charge in [-0.2, -0.15) is 0 Å². The molecule has 1 unspecified atom stereocenters. The van der Waals surface area contributed by atoms with Crippen molar-refractivity contribution in [2.45, 2.75) is 39.2 Å². The zero-order valence-electron chi connectivity index (χ0n) is 10.7. The van der Waals surface area contributed by atoms with Gasteiger partial charge in [-0.3, -0.25) is 0 Å². The monoisotopic (exact) mass is 237 g/mol. The van der Waals surface area contributed by atoms with Crippen LogP contribution in [0.4, 0.5) is 5.95 Å². The van der Waals surface area contributed by atoms with Crippen molar-refractivity contribution >= 4 is 5.95 Å². The summed E-state index contributed by atoms with van der Waals surface area (Å²) in [5.74, 6) is 1.65. The summed E-state index contributed by atoms with van der Waals surface area (Å²) in [7, 11) is 0. The van der Waals surface area contributed by atoms with E-state index in [1.165, 1.54) is 25.7 Å². The van der Waals surface area contributed by atoms with Crippen LogP contribution in [0, 0.1) is 5.92 Å². The van der Waals surface area contributed by atoms with E-state index in [0.29, 0.717) is 5.92 Å². The third kappa shape index (κ3) is 3.73. The summed E-state index contributed by atoms with van der Waals surface area (Å²) >= 11 is 0. The van der Waals surface area contributed by atoms with Gasteiger partial charge in [0.15, 0.2) is 0 Å². The van der Waals surface area contributed by atoms with Crippen LogP contribution >= 0.6 is 0 Å². The maximum Gasteiger partial charge on any atom is 0.202 e. The number of imidazole rings is 1. The maximum atomic E-state index is 5.52. The fourth-order valence-corrected chi connectivity index (χ4v) is 2.23. The van der Waals surface area contributed by atoms with Gasteiger partial charge in [-0.05, 0) is 19.3 Å². The number of ether oxygens (including phenoxy) is 1. The first-order valence-electron chi connectivity index (χ1n) is 6.73. The lowest BCUT2D eigenvalue weighted by atomic mass is 10.0. The number of hydrogen-bond donors (Lipinski definition) is 1.